The normalized spacial score (nSPS) is 16.2. The molecule has 2 aliphatic rings. The Labute approximate surface area is 162 Å². The Balaban J connectivity index is 1.72. The topological polar surface area (TPSA) is 0 Å². The first-order valence-corrected chi connectivity index (χ1v) is 11.4. The van der Waals surface area contributed by atoms with Crippen LogP contribution in [-0.2, 0) is 23.2 Å². The number of allylic oxidation sites excluding steroid dienone is 8. The summed E-state index contributed by atoms with van der Waals surface area (Å²) in [6.07, 6.45) is 11.7. The molecule has 0 aliphatic heterocycles. The zero-order valence-electron chi connectivity index (χ0n) is 14.8. The molecule has 0 unspecified atom stereocenters. The van der Waals surface area contributed by atoms with E-state index in [1.165, 1.54) is 33.4 Å². The third-order valence-corrected chi connectivity index (χ3v) is 8.85. The van der Waals surface area contributed by atoms with Crippen LogP contribution in [0.5, 0.6) is 0 Å². The van der Waals surface area contributed by atoms with Crippen LogP contribution in [-0.4, -0.2) is 0 Å². The second-order valence-corrected chi connectivity index (χ2v) is 10.3. The quantitative estimate of drug-likeness (QED) is 0.554. The zero-order chi connectivity index (χ0) is 17.2. The van der Waals surface area contributed by atoms with Crippen molar-refractivity contribution in [3.05, 3.63) is 102 Å². The maximum atomic E-state index is 2.36. The summed E-state index contributed by atoms with van der Waals surface area (Å²) in [6.45, 7) is 4.46. The van der Waals surface area contributed by atoms with Crippen molar-refractivity contribution in [3.8, 4) is 0 Å². The van der Waals surface area contributed by atoms with E-state index in [2.05, 4.69) is 86.7 Å². The standard InChI is InChI=1S/2C12H11.Zr/c2*1-10-6-2-5-9-12(10)11-7-3-4-8-11;/h2*2-3,5-7,9H,4H2,1H3;. The van der Waals surface area contributed by atoms with Gasteiger partial charge in [0.1, 0.15) is 0 Å². The summed E-state index contributed by atoms with van der Waals surface area (Å²) < 4.78 is 3.45. The van der Waals surface area contributed by atoms with Crippen LogP contribution in [0.1, 0.15) is 35.1 Å². The van der Waals surface area contributed by atoms with Crippen LogP contribution in [0.2, 0.25) is 0 Å². The van der Waals surface area contributed by atoms with Crippen LogP contribution in [0, 0.1) is 13.8 Å². The molecule has 2 aromatic carbocycles. The molecule has 4 rings (SSSR count). The minimum atomic E-state index is -0.750. The Hall–Kier alpha value is -1.72. The fourth-order valence-corrected chi connectivity index (χ4v) is 7.39. The fraction of sp³-hybridized carbons (Fsp3) is 0.167. The Morgan fingerprint density at radius 2 is 1.08 bits per heavy atom. The number of benzene rings is 2. The second-order valence-electron chi connectivity index (χ2n) is 6.75. The monoisotopic (exact) mass is 400 g/mol. The molecular weight excluding hydrogens is 379 g/mol. The molecule has 0 amide bonds. The van der Waals surface area contributed by atoms with Gasteiger partial charge < -0.3 is 0 Å². The van der Waals surface area contributed by atoms with Gasteiger partial charge in [-0.3, -0.25) is 0 Å². The summed E-state index contributed by atoms with van der Waals surface area (Å²) in [6, 6.07) is 17.6. The molecule has 0 nitrogen and oxygen atoms in total. The fourth-order valence-electron chi connectivity index (χ4n) is 3.68. The van der Waals surface area contributed by atoms with Gasteiger partial charge in [-0.1, -0.05) is 0 Å². The molecule has 0 saturated carbocycles. The zero-order valence-corrected chi connectivity index (χ0v) is 17.3. The van der Waals surface area contributed by atoms with Gasteiger partial charge in [0.25, 0.3) is 0 Å². The third kappa shape index (κ3) is 3.35. The van der Waals surface area contributed by atoms with Crippen LogP contribution < -0.4 is 0 Å². The predicted molar refractivity (Wildman–Crippen MR) is 104 cm³/mol. The van der Waals surface area contributed by atoms with Crippen molar-refractivity contribution in [2.45, 2.75) is 26.7 Å². The minimum absolute atomic E-state index is 0.750. The van der Waals surface area contributed by atoms with Crippen LogP contribution in [0.15, 0.2) is 79.4 Å². The van der Waals surface area contributed by atoms with E-state index >= 15 is 0 Å². The van der Waals surface area contributed by atoms with Crippen molar-refractivity contribution in [2.75, 3.05) is 0 Å². The molecule has 122 valence electrons. The van der Waals surface area contributed by atoms with Crippen molar-refractivity contribution in [2.24, 2.45) is 0 Å². The summed E-state index contributed by atoms with van der Waals surface area (Å²) in [4.78, 5) is 0. The van der Waals surface area contributed by atoms with Gasteiger partial charge in [-0.15, -0.1) is 0 Å². The van der Waals surface area contributed by atoms with Crippen LogP contribution in [0.25, 0.3) is 11.1 Å². The van der Waals surface area contributed by atoms with Crippen molar-refractivity contribution in [1.29, 1.82) is 0 Å². The molecule has 2 aliphatic carbocycles. The van der Waals surface area contributed by atoms with Crippen molar-refractivity contribution in [3.63, 3.8) is 0 Å². The first-order valence-electron chi connectivity index (χ1n) is 8.92. The molecule has 0 atom stereocenters. The van der Waals surface area contributed by atoms with Gasteiger partial charge in [-0.2, -0.15) is 0 Å². The molecule has 0 aromatic heterocycles. The Morgan fingerprint density at radius 3 is 1.52 bits per heavy atom. The summed E-state index contributed by atoms with van der Waals surface area (Å²) in [7, 11) is 0. The van der Waals surface area contributed by atoms with Crippen molar-refractivity contribution in [1.82, 2.24) is 0 Å². The van der Waals surface area contributed by atoms with Crippen LogP contribution in [0.3, 0.4) is 0 Å². The molecular formula is C24H22Zr. The molecule has 1 heteroatoms. The van der Waals surface area contributed by atoms with E-state index in [0.717, 1.165) is 12.8 Å². The SMILES string of the molecule is Cc1ccccc1C1=[C]([Zr][C]2=C(c3ccccc3C)C=CC2)CC=C1. The molecule has 25 heavy (non-hydrogen) atoms. The molecule has 0 saturated heterocycles. The van der Waals surface area contributed by atoms with E-state index in [1.54, 1.807) is 6.56 Å². The van der Waals surface area contributed by atoms with E-state index in [0.29, 0.717) is 0 Å². The number of hydrogen-bond acceptors (Lipinski definition) is 0. The molecule has 0 radical (unpaired) electrons. The second kappa shape index (κ2) is 7.26. The van der Waals surface area contributed by atoms with Crippen molar-refractivity contribution < 1.29 is 23.2 Å². The van der Waals surface area contributed by atoms with E-state index in [9.17, 15) is 0 Å². The van der Waals surface area contributed by atoms with Gasteiger partial charge in [0, 0.05) is 0 Å². The Morgan fingerprint density at radius 1 is 0.640 bits per heavy atom. The average molecular weight is 402 g/mol. The average Bonchev–Trinajstić information content (AvgIpc) is 3.26. The first kappa shape index (κ1) is 16.7. The van der Waals surface area contributed by atoms with Gasteiger partial charge in [0.05, 0.1) is 0 Å². The van der Waals surface area contributed by atoms with E-state index in [-0.39, 0.29) is 0 Å². The van der Waals surface area contributed by atoms with E-state index in [1.807, 2.05) is 0 Å². The van der Waals surface area contributed by atoms with Gasteiger partial charge in [-0.25, -0.2) is 0 Å². The molecule has 0 bridgehead atoms. The molecule has 0 fully saturated rings. The Kier molecular flexibility index (Phi) is 4.86. The third-order valence-electron chi connectivity index (χ3n) is 5.04. The summed E-state index contributed by atoms with van der Waals surface area (Å²) in [5.74, 6) is 0. The maximum absolute atomic E-state index is 2.36. The number of rotatable bonds is 4. The molecule has 0 heterocycles. The molecule has 0 N–H and O–H groups in total. The predicted octanol–water partition coefficient (Wildman–Crippen LogP) is 6.43. The molecule has 0 spiro atoms. The van der Waals surface area contributed by atoms with Gasteiger partial charge in [0.2, 0.25) is 0 Å². The summed E-state index contributed by atoms with van der Waals surface area (Å²) >= 11 is -0.750. The summed E-state index contributed by atoms with van der Waals surface area (Å²) in [5.41, 5.74) is 8.64. The number of hydrogen-bond donors (Lipinski definition) is 0. The molecule has 2 aromatic rings. The number of aryl methyl sites for hydroxylation is 2. The Bertz CT molecular complexity index is 861. The van der Waals surface area contributed by atoms with Crippen molar-refractivity contribution >= 4 is 11.1 Å². The van der Waals surface area contributed by atoms with Gasteiger partial charge in [-0.05, 0) is 0 Å². The summed E-state index contributed by atoms with van der Waals surface area (Å²) in [5, 5.41) is 0. The van der Waals surface area contributed by atoms with E-state index < -0.39 is 23.2 Å². The van der Waals surface area contributed by atoms with Gasteiger partial charge in [0.15, 0.2) is 0 Å². The van der Waals surface area contributed by atoms with Crippen LogP contribution >= 0.6 is 0 Å². The van der Waals surface area contributed by atoms with E-state index in [4.69, 9.17) is 0 Å². The van der Waals surface area contributed by atoms with Crippen LogP contribution in [0.4, 0.5) is 0 Å². The first-order chi connectivity index (χ1) is 12.2. The van der Waals surface area contributed by atoms with Gasteiger partial charge >= 0.3 is 163 Å².